The first-order valence-electron chi connectivity index (χ1n) is 7.70. The van der Waals surface area contributed by atoms with Crippen LogP contribution < -0.4 is 5.32 Å². The molecule has 2 saturated carbocycles. The summed E-state index contributed by atoms with van der Waals surface area (Å²) in [6.07, 6.45) is 10.6. The molecule has 2 aliphatic carbocycles. The minimum absolute atomic E-state index is 0.608. The highest BCUT2D eigenvalue weighted by atomic mass is 32.2. The standard InChI is InChI=1S/C17H25NS/c1-19-16-11-9-15(10-12-16)18-17(14-7-8-14)13-5-3-2-4-6-13/h2-6,14-18H,7-12H2,1H3. The van der Waals surface area contributed by atoms with Crippen molar-refractivity contribution in [3.8, 4) is 0 Å². The van der Waals surface area contributed by atoms with Crippen LogP contribution in [0.5, 0.6) is 0 Å². The van der Waals surface area contributed by atoms with Gasteiger partial charge in [-0.2, -0.15) is 11.8 Å². The highest BCUT2D eigenvalue weighted by Gasteiger charge is 2.34. The first kappa shape index (κ1) is 13.5. The van der Waals surface area contributed by atoms with E-state index in [0.717, 1.165) is 17.2 Å². The summed E-state index contributed by atoms with van der Waals surface area (Å²) in [5.74, 6) is 0.890. The molecule has 0 amide bonds. The van der Waals surface area contributed by atoms with Gasteiger partial charge in [0.1, 0.15) is 0 Å². The van der Waals surface area contributed by atoms with E-state index in [1.165, 1.54) is 44.1 Å². The van der Waals surface area contributed by atoms with Gasteiger partial charge in [-0.3, -0.25) is 0 Å². The van der Waals surface area contributed by atoms with Crippen LogP contribution in [-0.2, 0) is 0 Å². The maximum atomic E-state index is 3.97. The topological polar surface area (TPSA) is 12.0 Å². The van der Waals surface area contributed by atoms with Gasteiger partial charge in [0.05, 0.1) is 0 Å². The first-order valence-corrected chi connectivity index (χ1v) is 8.99. The molecule has 1 aromatic carbocycles. The summed E-state index contributed by atoms with van der Waals surface area (Å²) < 4.78 is 0. The zero-order valence-electron chi connectivity index (χ0n) is 11.8. The fourth-order valence-corrected chi connectivity index (χ4v) is 4.06. The molecule has 19 heavy (non-hydrogen) atoms. The van der Waals surface area contributed by atoms with Crippen LogP contribution in [0.3, 0.4) is 0 Å². The number of hydrogen-bond acceptors (Lipinski definition) is 2. The van der Waals surface area contributed by atoms with Gasteiger partial charge in [-0.25, -0.2) is 0 Å². The van der Waals surface area contributed by atoms with E-state index in [1.54, 1.807) is 0 Å². The van der Waals surface area contributed by atoms with E-state index in [1.807, 2.05) is 0 Å². The van der Waals surface area contributed by atoms with Gasteiger partial charge in [-0.15, -0.1) is 0 Å². The zero-order valence-corrected chi connectivity index (χ0v) is 12.7. The molecule has 0 radical (unpaired) electrons. The van der Waals surface area contributed by atoms with Crippen molar-refractivity contribution in [3.05, 3.63) is 35.9 Å². The van der Waals surface area contributed by atoms with Gasteiger partial charge in [0.15, 0.2) is 0 Å². The van der Waals surface area contributed by atoms with E-state index >= 15 is 0 Å². The lowest BCUT2D eigenvalue weighted by molar-refractivity contribution is 0.327. The third-order valence-corrected chi connectivity index (χ3v) is 5.81. The van der Waals surface area contributed by atoms with Crippen LogP contribution in [0.25, 0.3) is 0 Å². The lowest BCUT2D eigenvalue weighted by atomic mass is 9.92. The van der Waals surface area contributed by atoms with Crippen molar-refractivity contribution >= 4 is 11.8 Å². The molecular formula is C17H25NS. The molecule has 104 valence electrons. The normalized spacial score (nSPS) is 29.1. The Bertz CT molecular complexity index is 380. The Kier molecular flexibility index (Phi) is 4.49. The van der Waals surface area contributed by atoms with Crippen LogP contribution in [0.1, 0.15) is 50.1 Å². The van der Waals surface area contributed by atoms with Crippen LogP contribution in [0.2, 0.25) is 0 Å². The number of benzene rings is 1. The van der Waals surface area contributed by atoms with E-state index < -0.39 is 0 Å². The third-order valence-electron chi connectivity index (χ3n) is 4.67. The van der Waals surface area contributed by atoms with Crippen LogP contribution in [0, 0.1) is 5.92 Å². The summed E-state index contributed by atoms with van der Waals surface area (Å²) in [6, 6.07) is 12.4. The van der Waals surface area contributed by atoms with Gasteiger partial charge >= 0.3 is 0 Å². The fraction of sp³-hybridized carbons (Fsp3) is 0.647. The van der Waals surface area contributed by atoms with Gasteiger partial charge in [-0.05, 0) is 56.3 Å². The lowest BCUT2D eigenvalue weighted by Crippen LogP contribution is -2.37. The Morgan fingerprint density at radius 2 is 1.68 bits per heavy atom. The molecule has 0 aliphatic heterocycles. The van der Waals surface area contributed by atoms with Crippen molar-refractivity contribution in [2.24, 2.45) is 5.92 Å². The fourth-order valence-electron chi connectivity index (χ4n) is 3.31. The molecule has 2 aliphatic rings. The van der Waals surface area contributed by atoms with Gasteiger partial charge in [0, 0.05) is 17.3 Å². The third kappa shape index (κ3) is 3.55. The second kappa shape index (κ2) is 6.32. The first-order chi connectivity index (χ1) is 9.36. The Labute approximate surface area is 121 Å². The predicted octanol–water partition coefficient (Wildman–Crippen LogP) is 4.40. The highest BCUT2D eigenvalue weighted by molar-refractivity contribution is 7.99. The average Bonchev–Trinajstić information content (AvgIpc) is 3.31. The molecule has 0 heterocycles. The van der Waals surface area contributed by atoms with Crippen molar-refractivity contribution in [1.29, 1.82) is 0 Å². The summed E-state index contributed by atoms with van der Waals surface area (Å²) in [5.41, 5.74) is 1.50. The zero-order chi connectivity index (χ0) is 13.1. The van der Waals surface area contributed by atoms with Crippen LogP contribution in [0.15, 0.2) is 30.3 Å². The Morgan fingerprint density at radius 3 is 2.26 bits per heavy atom. The molecule has 0 saturated heterocycles. The Balaban J connectivity index is 1.60. The smallest absolute Gasteiger partial charge is 0.0351 e. The van der Waals surface area contributed by atoms with Gasteiger partial charge in [0.25, 0.3) is 0 Å². The maximum absolute atomic E-state index is 3.97. The van der Waals surface area contributed by atoms with Crippen LogP contribution in [-0.4, -0.2) is 17.5 Å². The molecule has 1 nitrogen and oxygen atoms in total. The predicted molar refractivity (Wildman–Crippen MR) is 84.6 cm³/mol. The molecule has 0 spiro atoms. The van der Waals surface area contributed by atoms with E-state index in [2.05, 4.69) is 53.7 Å². The van der Waals surface area contributed by atoms with E-state index in [9.17, 15) is 0 Å². The van der Waals surface area contributed by atoms with Crippen LogP contribution in [0.4, 0.5) is 0 Å². The monoisotopic (exact) mass is 275 g/mol. The maximum Gasteiger partial charge on any atom is 0.0351 e. The van der Waals surface area contributed by atoms with Crippen molar-refractivity contribution in [3.63, 3.8) is 0 Å². The molecular weight excluding hydrogens is 250 g/mol. The number of thioether (sulfide) groups is 1. The molecule has 1 aromatic rings. The minimum Gasteiger partial charge on any atom is -0.307 e. The van der Waals surface area contributed by atoms with Gasteiger partial charge in [-0.1, -0.05) is 30.3 Å². The van der Waals surface area contributed by atoms with Crippen molar-refractivity contribution in [2.45, 2.75) is 55.9 Å². The number of nitrogens with one attached hydrogen (secondary N) is 1. The second-order valence-electron chi connectivity index (χ2n) is 6.10. The SMILES string of the molecule is CSC1CCC(NC(c2ccccc2)C2CC2)CC1. The summed E-state index contributed by atoms with van der Waals surface area (Å²) in [4.78, 5) is 0. The molecule has 2 fully saturated rings. The average molecular weight is 275 g/mol. The highest BCUT2D eigenvalue weighted by Crippen LogP contribution is 2.42. The quantitative estimate of drug-likeness (QED) is 0.854. The largest absolute Gasteiger partial charge is 0.307 e. The molecule has 3 rings (SSSR count). The molecule has 1 N–H and O–H groups in total. The summed E-state index contributed by atoms with van der Waals surface area (Å²) in [7, 11) is 0. The molecule has 0 aromatic heterocycles. The molecule has 1 atom stereocenters. The Morgan fingerprint density at radius 1 is 1.00 bits per heavy atom. The lowest BCUT2D eigenvalue weighted by Gasteiger charge is -2.32. The summed E-state index contributed by atoms with van der Waals surface area (Å²) in [6.45, 7) is 0. The Hall–Kier alpha value is -0.470. The van der Waals surface area contributed by atoms with Gasteiger partial charge in [0.2, 0.25) is 0 Å². The number of rotatable bonds is 5. The molecule has 0 bridgehead atoms. The second-order valence-corrected chi connectivity index (χ2v) is 7.24. The van der Waals surface area contributed by atoms with E-state index in [4.69, 9.17) is 0 Å². The number of hydrogen-bond donors (Lipinski definition) is 1. The molecule has 1 unspecified atom stereocenters. The summed E-state index contributed by atoms with van der Waals surface area (Å²) in [5, 5.41) is 4.88. The minimum atomic E-state index is 0.608. The van der Waals surface area contributed by atoms with Crippen molar-refractivity contribution in [2.75, 3.05) is 6.26 Å². The van der Waals surface area contributed by atoms with Crippen LogP contribution >= 0.6 is 11.8 Å². The van der Waals surface area contributed by atoms with Crippen molar-refractivity contribution in [1.82, 2.24) is 5.32 Å². The summed E-state index contributed by atoms with van der Waals surface area (Å²) >= 11 is 2.05. The van der Waals surface area contributed by atoms with E-state index in [-0.39, 0.29) is 0 Å². The van der Waals surface area contributed by atoms with Gasteiger partial charge < -0.3 is 5.32 Å². The van der Waals surface area contributed by atoms with Crippen molar-refractivity contribution < 1.29 is 0 Å². The molecule has 2 heteroatoms. The van der Waals surface area contributed by atoms with E-state index in [0.29, 0.717) is 6.04 Å².